The molecule has 0 saturated carbocycles. The highest BCUT2D eigenvalue weighted by Crippen LogP contribution is 2.26. The molecule has 8 heteroatoms. The van der Waals surface area contributed by atoms with Crippen LogP contribution in [0.2, 0.25) is 0 Å². The van der Waals surface area contributed by atoms with E-state index in [2.05, 4.69) is 15.5 Å². The van der Waals surface area contributed by atoms with E-state index < -0.39 is 5.25 Å². The predicted octanol–water partition coefficient (Wildman–Crippen LogP) is 3.65. The van der Waals surface area contributed by atoms with E-state index in [1.807, 2.05) is 0 Å². The summed E-state index contributed by atoms with van der Waals surface area (Å²) < 4.78 is 10.7. The summed E-state index contributed by atoms with van der Waals surface area (Å²) >= 11 is 1.15. The molecule has 1 amide bonds. The number of hydrogen-bond acceptors (Lipinski definition) is 7. The van der Waals surface area contributed by atoms with Gasteiger partial charge in [0.05, 0.1) is 11.5 Å². The number of rotatable bonds is 6. The number of carbonyl (C=O) groups excluding carboxylic acids is 2. The molecule has 2 aromatic heterocycles. The fraction of sp³-hybridized carbons (Fsp3) is 0.176. The Morgan fingerprint density at radius 1 is 1.16 bits per heavy atom. The minimum atomic E-state index is -0.447. The number of ketones is 1. The molecule has 7 nitrogen and oxygen atoms in total. The van der Waals surface area contributed by atoms with Crippen molar-refractivity contribution in [3.8, 4) is 11.7 Å². The van der Waals surface area contributed by atoms with Crippen LogP contribution < -0.4 is 5.32 Å². The molecule has 0 spiro atoms. The zero-order valence-electron chi connectivity index (χ0n) is 13.6. The van der Waals surface area contributed by atoms with Crippen LogP contribution in [0.1, 0.15) is 24.2 Å². The standard InChI is InChI=1S/C17H15N3O4S/c1-10(21)12-5-7-13(8-6-12)18-15(22)11(2)25-17-20-19-16(24-17)14-4-3-9-23-14/h3-9,11H,1-2H3,(H,18,22)/t11-/m1/s1. The van der Waals surface area contributed by atoms with Gasteiger partial charge in [-0.15, -0.1) is 10.2 Å². The van der Waals surface area contributed by atoms with Crippen LogP contribution in [0.5, 0.6) is 0 Å². The second kappa shape index (κ2) is 7.35. The molecule has 25 heavy (non-hydrogen) atoms. The predicted molar refractivity (Wildman–Crippen MR) is 92.4 cm³/mol. The van der Waals surface area contributed by atoms with Gasteiger partial charge in [-0.2, -0.15) is 0 Å². The van der Waals surface area contributed by atoms with Crippen molar-refractivity contribution in [2.24, 2.45) is 0 Å². The lowest BCUT2D eigenvalue weighted by atomic mass is 10.1. The first-order valence-electron chi connectivity index (χ1n) is 7.49. The molecule has 0 aliphatic carbocycles. The van der Waals surface area contributed by atoms with Crippen molar-refractivity contribution in [3.05, 3.63) is 48.2 Å². The number of Topliss-reactive ketones (excluding diaryl/α,β-unsaturated/α-hetero) is 1. The Balaban J connectivity index is 1.60. The van der Waals surface area contributed by atoms with Crippen molar-refractivity contribution >= 4 is 29.1 Å². The molecule has 3 rings (SSSR count). The highest BCUT2D eigenvalue weighted by atomic mass is 32.2. The monoisotopic (exact) mass is 357 g/mol. The fourth-order valence-corrected chi connectivity index (χ4v) is 2.68. The molecular formula is C17H15N3O4S. The van der Waals surface area contributed by atoms with Crippen LogP contribution in [-0.4, -0.2) is 27.1 Å². The first kappa shape index (κ1) is 17.0. The number of aromatic nitrogens is 2. The number of thioether (sulfide) groups is 1. The van der Waals surface area contributed by atoms with Crippen LogP contribution in [0.4, 0.5) is 5.69 Å². The summed E-state index contributed by atoms with van der Waals surface area (Å²) in [6.07, 6.45) is 1.51. The van der Waals surface area contributed by atoms with Crippen molar-refractivity contribution in [3.63, 3.8) is 0 Å². The third kappa shape index (κ3) is 4.16. The van der Waals surface area contributed by atoms with Gasteiger partial charge in [0.1, 0.15) is 0 Å². The normalized spacial score (nSPS) is 11.9. The molecule has 0 aliphatic rings. The lowest BCUT2D eigenvalue weighted by Gasteiger charge is -2.10. The van der Waals surface area contributed by atoms with Crippen LogP contribution >= 0.6 is 11.8 Å². The van der Waals surface area contributed by atoms with Crippen LogP contribution in [0.25, 0.3) is 11.7 Å². The molecule has 0 radical (unpaired) electrons. The zero-order valence-corrected chi connectivity index (χ0v) is 14.4. The summed E-state index contributed by atoms with van der Waals surface area (Å²) in [5.41, 5.74) is 1.21. The first-order valence-corrected chi connectivity index (χ1v) is 8.37. The Morgan fingerprint density at radius 3 is 2.56 bits per heavy atom. The summed E-state index contributed by atoms with van der Waals surface area (Å²) in [4.78, 5) is 23.5. The summed E-state index contributed by atoms with van der Waals surface area (Å²) in [7, 11) is 0. The molecule has 0 aliphatic heterocycles. The summed E-state index contributed by atoms with van der Waals surface area (Å²) in [5, 5.41) is 10.4. The van der Waals surface area contributed by atoms with Crippen molar-refractivity contribution in [1.82, 2.24) is 10.2 Å². The number of hydrogen-bond donors (Lipinski definition) is 1. The van der Waals surface area contributed by atoms with Gasteiger partial charge in [-0.1, -0.05) is 11.8 Å². The van der Waals surface area contributed by atoms with E-state index in [0.29, 0.717) is 17.0 Å². The van der Waals surface area contributed by atoms with Crippen molar-refractivity contribution < 1.29 is 18.4 Å². The minimum absolute atomic E-state index is 0.0226. The van der Waals surface area contributed by atoms with Gasteiger partial charge >= 0.3 is 0 Å². The number of amides is 1. The molecule has 0 fully saturated rings. The maximum Gasteiger partial charge on any atom is 0.284 e. The quantitative estimate of drug-likeness (QED) is 0.531. The van der Waals surface area contributed by atoms with Gasteiger partial charge in [0.15, 0.2) is 11.5 Å². The number of anilines is 1. The van der Waals surface area contributed by atoms with E-state index in [1.54, 1.807) is 43.3 Å². The second-order valence-electron chi connectivity index (χ2n) is 5.23. The molecule has 1 N–H and O–H groups in total. The van der Waals surface area contributed by atoms with Crippen LogP contribution in [0, 0.1) is 0 Å². The summed E-state index contributed by atoms with van der Waals surface area (Å²) in [5.74, 6) is 0.505. The molecule has 2 heterocycles. The Labute approximate surface area is 147 Å². The maximum atomic E-state index is 12.3. The number of furan rings is 1. The second-order valence-corrected chi connectivity index (χ2v) is 6.53. The molecule has 0 bridgehead atoms. The van der Waals surface area contributed by atoms with E-state index in [-0.39, 0.29) is 22.8 Å². The van der Waals surface area contributed by atoms with E-state index in [4.69, 9.17) is 8.83 Å². The smallest absolute Gasteiger partial charge is 0.284 e. The van der Waals surface area contributed by atoms with Gasteiger partial charge in [0.25, 0.3) is 11.1 Å². The number of benzene rings is 1. The Kier molecular flexibility index (Phi) is 4.99. The summed E-state index contributed by atoms with van der Waals surface area (Å²) in [6, 6.07) is 10.1. The lowest BCUT2D eigenvalue weighted by molar-refractivity contribution is -0.115. The van der Waals surface area contributed by atoms with Gasteiger partial charge in [0.2, 0.25) is 5.91 Å². The van der Waals surface area contributed by atoms with Gasteiger partial charge < -0.3 is 14.2 Å². The molecule has 0 saturated heterocycles. The lowest BCUT2D eigenvalue weighted by Crippen LogP contribution is -2.22. The van der Waals surface area contributed by atoms with E-state index in [9.17, 15) is 9.59 Å². The highest BCUT2D eigenvalue weighted by Gasteiger charge is 2.19. The maximum absolute atomic E-state index is 12.3. The Hall–Kier alpha value is -2.87. The number of nitrogens with zero attached hydrogens (tertiary/aromatic N) is 2. The highest BCUT2D eigenvalue weighted by molar-refractivity contribution is 8.00. The van der Waals surface area contributed by atoms with Gasteiger partial charge in [-0.3, -0.25) is 9.59 Å². The van der Waals surface area contributed by atoms with Crippen LogP contribution in [0.3, 0.4) is 0 Å². The third-order valence-electron chi connectivity index (χ3n) is 3.34. The van der Waals surface area contributed by atoms with E-state index >= 15 is 0 Å². The van der Waals surface area contributed by atoms with Gasteiger partial charge in [0, 0.05) is 11.3 Å². The molecular weight excluding hydrogens is 342 g/mol. The van der Waals surface area contributed by atoms with Crippen molar-refractivity contribution in [2.45, 2.75) is 24.3 Å². The van der Waals surface area contributed by atoms with Crippen molar-refractivity contribution in [2.75, 3.05) is 5.32 Å². The third-order valence-corrected chi connectivity index (χ3v) is 4.28. The zero-order chi connectivity index (χ0) is 17.8. The summed E-state index contributed by atoms with van der Waals surface area (Å²) in [6.45, 7) is 3.23. The fourth-order valence-electron chi connectivity index (χ4n) is 1.99. The van der Waals surface area contributed by atoms with Gasteiger partial charge in [-0.05, 0) is 50.2 Å². The van der Waals surface area contributed by atoms with E-state index in [0.717, 1.165) is 11.8 Å². The first-order chi connectivity index (χ1) is 12.0. The SMILES string of the molecule is CC(=O)c1ccc(NC(=O)[C@@H](C)Sc2nnc(-c3ccco3)o2)cc1. The minimum Gasteiger partial charge on any atom is -0.459 e. The largest absolute Gasteiger partial charge is 0.459 e. The van der Waals surface area contributed by atoms with Crippen molar-refractivity contribution in [1.29, 1.82) is 0 Å². The molecule has 1 atom stereocenters. The van der Waals surface area contributed by atoms with Gasteiger partial charge in [-0.25, -0.2) is 0 Å². The molecule has 1 aromatic carbocycles. The Morgan fingerprint density at radius 2 is 1.92 bits per heavy atom. The molecule has 128 valence electrons. The molecule has 0 unspecified atom stereocenters. The average Bonchev–Trinajstić information content (AvgIpc) is 3.26. The number of nitrogens with one attached hydrogen (secondary N) is 1. The van der Waals surface area contributed by atoms with E-state index in [1.165, 1.54) is 13.2 Å². The average molecular weight is 357 g/mol. The van der Waals surface area contributed by atoms with Crippen LogP contribution in [0.15, 0.2) is 56.7 Å². The van der Waals surface area contributed by atoms with Crippen LogP contribution in [-0.2, 0) is 4.79 Å². The Bertz CT molecular complexity index is 872. The number of carbonyl (C=O) groups is 2. The molecule has 3 aromatic rings. The topological polar surface area (TPSA) is 98.2 Å².